The first-order valence-corrected chi connectivity index (χ1v) is 7.01. The lowest BCUT2D eigenvalue weighted by molar-refractivity contribution is 0.369. The average Bonchev–Trinajstić information content (AvgIpc) is 2.85. The van der Waals surface area contributed by atoms with Gasteiger partial charge in [-0.15, -0.1) is 0 Å². The number of phenols is 1. The molecule has 2 N–H and O–H groups in total. The number of nitrogens with zero attached hydrogens (tertiary/aromatic N) is 1. The normalized spacial score (nSPS) is 14.2. The molecule has 2 atom stereocenters. The van der Waals surface area contributed by atoms with Gasteiger partial charge in [0.1, 0.15) is 11.5 Å². The van der Waals surface area contributed by atoms with Gasteiger partial charge in [0.25, 0.3) is 0 Å². The Bertz CT molecular complexity index is 534. The van der Waals surface area contributed by atoms with E-state index in [2.05, 4.69) is 24.1 Å². The zero-order valence-electron chi connectivity index (χ0n) is 12.3. The van der Waals surface area contributed by atoms with Crippen LogP contribution in [0.2, 0.25) is 0 Å². The summed E-state index contributed by atoms with van der Waals surface area (Å²) in [7, 11) is 0. The standard InChI is InChI=1S/C16H22N2O2/c1-11(4-5-14-6-8-15(19)9-7-14)18-13(3)16-17-10-12(2)20-16/h6-11,13,18-19H,4-5H2,1-3H3. The van der Waals surface area contributed by atoms with Gasteiger partial charge in [0.05, 0.1) is 12.2 Å². The van der Waals surface area contributed by atoms with Crippen molar-refractivity contribution in [1.29, 1.82) is 0 Å². The fourth-order valence-corrected chi connectivity index (χ4v) is 2.20. The van der Waals surface area contributed by atoms with E-state index < -0.39 is 0 Å². The van der Waals surface area contributed by atoms with Crippen LogP contribution in [0.25, 0.3) is 0 Å². The van der Waals surface area contributed by atoms with E-state index in [1.54, 1.807) is 18.3 Å². The van der Waals surface area contributed by atoms with Crippen molar-refractivity contribution >= 4 is 0 Å². The van der Waals surface area contributed by atoms with E-state index in [0.717, 1.165) is 24.5 Å². The van der Waals surface area contributed by atoms with Crippen LogP contribution < -0.4 is 5.32 Å². The van der Waals surface area contributed by atoms with Crippen molar-refractivity contribution < 1.29 is 9.52 Å². The van der Waals surface area contributed by atoms with E-state index in [1.807, 2.05) is 19.1 Å². The molecule has 2 unspecified atom stereocenters. The van der Waals surface area contributed by atoms with Gasteiger partial charge in [0.2, 0.25) is 5.89 Å². The molecule has 1 aromatic carbocycles. The summed E-state index contributed by atoms with van der Waals surface area (Å²) in [4.78, 5) is 4.24. The van der Waals surface area contributed by atoms with E-state index in [9.17, 15) is 5.11 Å². The lowest BCUT2D eigenvalue weighted by Gasteiger charge is -2.17. The number of hydrogen-bond acceptors (Lipinski definition) is 4. The Morgan fingerprint density at radius 1 is 1.25 bits per heavy atom. The summed E-state index contributed by atoms with van der Waals surface area (Å²) in [6, 6.07) is 7.85. The molecule has 0 spiro atoms. The lowest BCUT2D eigenvalue weighted by atomic mass is 10.1. The highest BCUT2D eigenvalue weighted by Gasteiger charge is 2.13. The summed E-state index contributed by atoms with van der Waals surface area (Å²) < 4.78 is 5.52. The average molecular weight is 274 g/mol. The molecule has 20 heavy (non-hydrogen) atoms. The molecule has 108 valence electrons. The maximum atomic E-state index is 9.25. The van der Waals surface area contributed by atoms with Crippen LogP contribution in [0, 0.1) is 6.92 Å². The Morgan fingerprint density at radius 3 is 2.55 bits per heavy atom. The number of hydrogen-bond donors (Lipinski definition) is 2. The van der Waals surface area contributed by atoms with Gasteiger partial charge in [0, 0.05) is 6.04 Å². The van der Waals surface area contributed by atoms with Crippen LogP contribution in [0.1, 0.15) is 43.5 Å². The number of aromatic nitrogens is 1. The van der Waals surface area contributed by atoms with Crippen molar-refractivity contribution in [1.82, 2.24) is 10.3 Å². The molecule has 1 heterocycles. The molecule has 4 heteroatoms. The van der Waals surface area contributed by atoms with Crippen molar-refractivity contribution in [3.63, 3.8) is 0 Å². The minimum atomic E-state index is 0.110. The zero-order valence-corrected chi connectivity index (χ0v) is 12.3. The highest BCUT2D eigenvalue weighted by Crippen LogP contribution is 2.15. The third kappa shape index (κ3) is 4.10. The predicted octanol–water partition coefficient (Wildman–Crippen LogP) is 3.36. The molecule has 2 aromatic rings. The molecule has 1 aromatic heterocycles. The highest BCUT2D eigenvalue weighted by molar-refractivity contribution is 5.25. The first kappa shape index (κ1) is 14.6. The van der Waals surface area contributed by atoms with Crippen molar-refractivity contribution in [3.8, 4) is 5.75 Å². The van der Waals surface area contributed by atoms with E-state index in [1.165, 1.54) is 5.56 Å². The van der Waals surface area contributed by atoms with Crippen LogP contribution in [-0.4, -0.2) is 16.1 Å². The minimum Gasteiger partial charge on any atom is -0.508 e. The number of aryl methyl sites for hydroxylation is 2. The molecular weight excluding hydrogens is 252 g/mol. The number of rotatable bonds is 6. The number of phenolic OH excluding ortho intramolecular Hbond substituents is 1. The first-order chi connectivity index (χ1) is 9.54. The topological polar surface area (TPSA) is 58.3 Å². The monoisotopic (exact) mass is 274 g/mol. The summed E-state index contributed by atoms with van der Waals surface area (Å²) in [6.45, 7) is 6.12. The van der Waals surface area contributed by atoms with Gasteiger partial charge >= 0.3 is 0 Å². The summed E-state index contributed by atoms with van der Waals surface area (Å²) in [5.41, 5.74) is 1.23. The molecule has 0 radical (unpaired) electrons. The first-order valence-electron chi connectivity index (χ1n) is 7.01. The Labute approximate surface area is 119 Å². The number of oxazole rings is 1. The molecule has 2 rings (SSSR count). The largest absolute Gasteiger partial charge is 0.508 e. The van der Waals surface area contributed by atoms with Crippen molar-refractivity contribution in [2.75, 3.05) is 0 Å². The fourth-order valence-electron chi connectivity index (χ4n) is 2.20. The molecule has 0 aliphatic heterocycles. The van der Waals surface area contributed by atoms with Crippen LogP contribution in [-0.2, 0) is 6.42 Å². The smallest absolute Gasteiger partial charge is 0.211 e. The molecular formula is C16H22N2O2. The van der Waals surface area contributed by atoms with Gasteiger partial charge < -0.3 is 14.8 Å². The summed E-state index contributed by atoms with van der Waals surface area (Å²) >= 11 is 0. The van der Waals surface area contributed by atoms with E-state index in [4.69, 9.17) is 4.42 Å². The van der Waals surface area contributed by atoms with Crippen LogP contribution in [0.15, 0.2) is 34.9 Å². The fraction of sp³-hybridized carbons (Fsp3) is 0.438. The minimum absolute atomic E-state index is 0.110. The van der Waals surface area contributed by atoms with E-state index >= 15 is 0 Å². The second kappa shape index (κ2) is 6.57. The van der Waals surface area contributed by atoms with Crippen LogP contribution in [0.4, 0.5) is 0 Å². The Morgan fingerprint density at radius 2 is 1.95 bits per heavy atom. The maximum absolute atomic E-state index is 9.25. The van der Waals surface area contributed by atoms with Crippen molar-refractivity contribution in [2.24, 2.45) is 0 Å². The number of nitrogens with one attached hydrogen (secondary N) is 1. The van der Waals surface area contributed by atoms with Gasteiger partial charge in [-0.25, -0.2) is 4.98 Å². The second-order valence-electron chi connectivity index (χ2n) is 5.30. The SMILES string of the molecule is Cc1cnc(C(C)NC(C)CCc2ccc(O)cc2)o1. The van der Waals surface area contributed by atoms with Gasteiger partial charge in [0.15, 0.2) is 0 Å². The van der Waals surface area contributed by atoms with Crippen LogP contribution in [0.3, 0.4) is 0 Å². The zero-order chi connectivity index (χ0) is 14.5. The number of aromatic hydroxyl groups is 1. The quantitative estimate of drug-likeness (QED) is 0.848. The summed E-state index contributed by atoms with van der Waals surface area (Å²) in [5.74, 6) is 1.89. The molecule has 0 amide bonds. The van der Waals surface area contributed by atoms with Crippen molar-refractivity contribution in [2.45, 2.75) is 45.7 Å². The molecule has 0 saturated carbocycles. The van der Waals surface area contributed by atoms with Gasteiger partial charge in [-0.1, -0.05) is 12.1 Å². The Hall–Kier alpha value is -1.81. The lowest BCUT2D eigenvalue weighted by Crippen LogP contribution is -2.29. The highest BCUT2D eigenvalue weighted by atomic mass is 16.4. The molecule has 0 fully saturated rings. The molecule has 0 aliphatic carbocycles. The summed E-state index contributed by atoms with van der Waals surface area (Å²) in [6.07, 6.45) is 3.75. The number of benzene rings is 1. The Balaban J connectivity index is 1.80. The van der Waals surface area contributed by atoms with Crippen molar-refractivity contribution in [3.05, 3.63) is 47.7 Å². The third-order valence-corrected chi connectivity index (χ3v) is 3.35. The maximum Gasteiger partial charge on any atom is 0.211 e. The van der Waals surface area contributed by atoms with E-state index in [-0.39, 0.29) is 6.04 Å². The van der Waals surface area contributed by atoms with Gasteiger partial charge in [-0.05, 0) is 51.3 Å². The van der Waals surface area contributed by atoms with E-state index in [0.29, 0.717) is 11.8 Å². The summed E-state index contributed by atoms with van der Waals surface area (Å²) in [5, 5.41) is 12.7. The molecule has 4 nitrogen and oxygen atoms in total. The predicted molar refractivity (Wildman–Crippen MR) is 78.7 cm³/mol. The molecule has 0 saturated heterocycles. The molecule has 0 bridgehead atoms. The second-order valence-corrected chi connectivity index (χ2v) is 5.30. The van der Waals surface area contributed by atoms with Gasteiger partial charge in [-0.2, -0.15) is 0 Å². The van der Waals surface area contributed by atoms with Gasteiger partial charge in [-0.3, -0.25) is 0 Å². The van der Waals surface area contributed by atoms with Crippen LogP contribution in [0.5, 0.6) is 5.75 Å². The Kier molecular flexibility index (Phi) is 4.79. The van der Waals surface area contributed by atoms with Crippen LogP contribution >= 0.6 is 0 Å². The third-order valence-electron chi connectivity index (χ3n) is 3.35. The molecule has 0 aliphatic rings.